The van der Waals surface area contributed by atoms with E-state index in [1.807, 2.05) is 35.7 Å². The van der Waals surface area contributed by atoms with Crippen molar-refractivity contribution in [1.29, 1.82) is 0 Å². The van der Waals surface area contributed by atoms with Crippen LogP contribution in [0.3, 0.4) is 0 Å². The van der Waals surface area contributed by atoms with Gasteiger partial charge in [-0.05, 0) is 36.4 Å². The molecule has 2 aromatic heterocycles. The second kappa shape index (κ2) is 9.80. The largest absolute Gasteiger partial charge is 0.497 e. The number of carbonyl (C=O) groups is 1. The summed E-state index contributed by atoms with van der Waals surface area (Å²) in [5.74, 6) is 0.643. The van der Waals surface area contributed by atoms with Crippen LogP contribution < -0.4 is 15.6 Å². The molecule has 1 N–H and O–H groups in total. The van der Waals surface area contributed by atoms with Crippen molar-refractivity contribution in [3.8, 4) is 17.0 Å². The van der Waals surface area contributed by atoms with Crippen molar-refractivity contribution in [2.45, 2.75) is 11.7 Å². The lowest BCUT2D eigenvalue weighted by Gasteiger charge is -2.11. The van der Waals surface area contributed by atoms with Gasteiger partial charge in [0.05, 0.1) is 29.5 Å². The Bertz CT molecular complexity index is 1330. The molecule has 4 aromatic rings. The monoisotopic (exact) mass is 464 g/mol. The normalized spacial score (nSPS) is 10.8. The Labute approximate surface area is 192 Å². The van der Waals surface area contributed by atoms with Crippen molar-refractivity contribution in [1.82, 2.24) is 14.5 Å². The number of thioether (sulfide) groups is 1. The summed E-state index contributed by atoms with van der Waals surface area (Å²) in [7, 11) is 1.62. The Hall–Kier alpha value is -3.43. The number of thiazole rings is 1. The number of fused-ring (bicyclic) bond motifs is 1. The van der Waals surface area contributed by atoms with Crippen LogP contribution in [0, 0.1) is 0 Å². The average Bonchev–Trinajstić information content (AvgIpc) is 3.28. The maximum absolute atomic E-state index is 12.8. The minimum Gasteiger partial charge on any atom is -0.497 e. The Morgan fingerprint density at radius 3 is 2.75 bits per heavy atom. The second-order valence-corrected chi connectivity index (χ2v) is 8.52. The first-order valence-corrected chi connectivity index (χ1v) is 11.6. The first-order valence-electron chi connectivity index (χ1n) is 9.72. The molecule has 0 aliphatic carbocycles. The predicted molar refractivity (Wildman–Crippen MR) is 130 cm³/mol. The number of nitrogens with one attached hydrogen (secondary N) is 1. The Kier molecular flexibility index (Phi) is 6.67. The number of amides is 1. The summed E-state index contributed by atoms with van der Waals surface area (Å²) in [6.07, 6.45) is 1.64. The maximum Gasteiger partial charge on any atom is 0.262 e. The van der Waals surface area contributed by atoms with Gasteiger partial charge in [0.1, 0.15) is 5.75 Å². The summed E-state index contributed by atoms with van der Waals surface area (Å²) in [5, 5.41) is 6.23. The number of rotatable bonds is 8. The molecule has 0 saturated heterocycles. The fraction of sp³-hybridized carbons (Fsp3) is 0.130. The zero-order valence-electron chi connectivity index (χ0n) is 17.3. The smallest absolute Gasteiger partial charge is 0.262 e. The Morgan fingerprint density at radius 1 is 1.22 bits per heavy atom. The number of methoxy groups -OCH3 is 1. The molecule has 0 aliphatic rings. The van der Waals surface area contributed by atoms with Gasteiger partial charge in [-0.3, -0.25) is 14.2 Å². The van der Waals surface area contributed by atoms with E-state index in [4.69, 9.17) is 4.74 Å². The first-order chi connectivity index (χ1) is 15.6. The molecule has 0 atom stereocenters. The first kappa shape index (κ1) is 21.8. The molecular weight excluding hydrogens is 444 g/mol. The molecule has 4 rings (SSSR count). The van der Waals surface area contributed by atoms with E-state index in [9.17, 15) is 9.59 Å². The number of aromatic nitrogens is 3. The molecule has 0 saturated carbocycles. The number of benzene rings is 2. The maximum atomic E-state index is 12.8. The fourth-order valence-electron chi connectivity index (χ4n) is 3.06. The van der Waals surface area contributed by atoms with E-state index in [2.05, 4.69) is 21.9 Å². The standard InChI is InChI=1S/C23H20N4O3S2/c1-3-12-27-21(29)17-6-4-5-7-18(17)25-23(27)32-14-20(28)26-22-24-19(13-31-22)15-8-10-16(30-2)11-9-15/h3-11,13H,1,12,14H2,2H3,(H,24,26,28). The fourth-order valence-corrected chi connectivity index (χ4v) is 4.60. The van der Waals surface area contributed by atoms with Crippen molar-refractivity contribution in [2.75, 3.05) is 18.2 Å². The number of nitrogens with zero attached hydrogens (tertiary/aromatic N) is 3. The van der Waals surface area contributed by atoms with Crippen LogP contribution in [0.4, 0.5) is 5.13 Å². The van der Waals surface area contributed by atoms with Crippen LogP contribution >= 0.6 is 23.1 Å². The van der Waals surface area contributed by atoms with E-state index < -0.39 is 0 Å². The molecular formula is C23H20N4O3S2. The van der Waals surface area contributed by atoms with Gasteiger partial charge in [0.25, 0.3) is 5.56 Å². The molecule has 0 unspecified atom stereocenters. The number of para-hydroxylation sites is 1. The highest BCUT2D eigenvalue weighted by molar-refractivity contribution is 7.99. The minimum atomic E-state index is -0.224. The second-order valence-electron chi connectivity index (χ2n) is 6.72. The van der Waals surface area contributed by atoms with Crippen molar-refractivity contribution >= 4 is 45.0 Å². The average molecular weight is 465 g/mol. The third-order valence-electron chi connectivity index (χ3n) is 4.61. The summed E-state index contributed by atoms with van der Waals surface area (Å²) in [6, 6.07) is 14.7. The molecule has 2 heterocycles. The highest BCUT2D eigenvalue weighted by Gasteiger charge is 2.14. The SMILES string of the molecule is C=CCn1c(SCC(=O)Nc2nc(-c3ccc(OC)cc3)cs2)nc2ccccc2c1=O. The number of hydrogen-bond acceptors (Lipinski definition) is 7. The summed E-state index contributed by atoms with van der Waals surface area (Å²) in [5.41, 5.74) is 2.16. The van der Waals surface area contributed by atoms with E-state index in [1.165, 1.54) is 27.7 Å². The van der Waals surface area contributed by atoms with Crippen molar-refractivity contribution in [3.05, 3.63) is 76.9 Å². The van der Waals surface area contributed by atoms with Crippen molar-refractivity contribution in [3.63, 3.8) is 0 Å². The van der Waals surface area contributed by atoms with Crippen LogP contribution in [0.15, 0.2) is 76.5 Å². The van der Waals surface area contributed by atoms with Gasteiger partial charge in [-0.2, -0.15) is 0 Å². The number of ether oxygens (including phenoxy) is 1. The Morgan fingerprint density at radius 2 is 2.00 bits per heavy atom. The van der Waals surface area contributed by atoms with E-state index >= 15 is 0 Å². The lowest BCUT2D eigenvalue weighted by Crippen LogP contribution is -2.23. The number of carbonyl (C=O) groups excluding carboxylic acids is 1. The molecule has 0 spiro atoms. The molecule has 7 nitrogen and oxygen atoms in total. The molecule has 0 radical (unpaired) electrons. The van der Waals surface area contributed by atoms with E-state index in [1.54, 1.807) is 31.4 Å². The number of hydrogen-bond donors (Lipinski definition) is 1. The quantitative estimate of drug-likeness (QED) is 0.236. The van der Waals surface area contributed by atoms with Gasteiger partial charge in [-0.15, -0.1) is 17.9 Å². The topological polar surface area (TPSA) is 86.1 Å². The van der Waals surface area contributed by atoms with Gasteiger partial charge >= 0.3 is 0 Å². The van der Waals surface area contributed by atoms with Crippen molar-refractivity contribution < 1.29 is 9.53 Å². The minimum absolute atomic E-state index is 0.0966. The third-order valence-corrected chi connectivity index (χ3v) is 6.34. The summed E-state index contributed by atoms with van der Waals surface area (Å²) < 4.78 is 6.70. The third kappa shape index (κ3) is 4.74. The van der Waals surface area contributed by atoms with Crippen LogP contribution in [0.25, 0.3) is 22.2 Å². The zero-order valence-corrected chi connectivity index (χ0v) is 18.9. The van der Waals surface area contributed by atoms with Crippen LogP contribution in [0.1, 0.15) is 0 Å². The lowest BCUT2D eigenvalue weighted by atomic mass is 10.2. The van der Waals surface area contributed by atoms with Gasteiger partial charge in [-0.1, -0.05) is 30.0 Å². The van der Waals surface area contributed by atoms with Crippen molar-refractivity contribution in [2.24, 2.45) is 0 Å². The molecule has 0 aliphatic heterocycles. The van der Waals surface area contributed by atoms with Gasteiger partial charge < -0.3 is 10.1 Å². The highest BCUT2D eigenvalue weighted by atomic mass is 32.2. The van der Waals surface area contributed by atoms with Crippen LogP contribution in [0.5, 0.6) is 5.75 Å². The van der Waals surface area contributed by atoms with E-state index in [-0.39, 0.29) is 17.2 Å². The number of allylic oxidation sites excluding steroid dienone is 1. The van der Waals surface area contributed by atoms with Gasteiger partial charge in [-0.25, -0.2) is 9.97 Å². The van der Waals surface area contributed by atoms with Gasteiger partial charge in [0, 0.05) is 17.5 Å². The van der Waals surface area contributed by atoms with Gasteiger partial charge in [0.15, 0.2) is 10.3 Å². The molecule has 32 heavy (non-hydrogen) atoms. The summed E-state index contributed by atoms with van der Waals surface area (Å²) in [6.45, 7) is 4.03. The van der Waals surface area contributed by atoms with Gasteiger partial charge in [0.2, 0.25) is 5.91 Å². The summed E-state index contributed by atoms with van der Waals surface area (Å²) >= 11 is 2.56. The molecule has 9 heteroatoms. The van der Waals surface area contributed by atoms with Crippen LogP contribution in [-0.2, 0) is 11.3 Å². The zero-order chi connectivity index (χ0) is 22.5. The lowest BCUT2D eigenvalue weighted by molar-refractivity contribution is -0.113. The highest BCUT2D eigenvalue weighted by Crippen LogP contribution is 2.27. The van der Waals surface area contributed by atoms with E-state index in [0.29, 0.717) is 27.7 Å². The summed E-state index contributed by atoms with van der Waals surface area (Å²) in [4.78, 5) is 34.4. The Balaban J connectivity index is 1.46. The van der Waals surface area contributed by atoms with E-state index in [0.717, 1.165) is 17.0 Å². The number of anilines is 1. The molecule has 0 fully saturated rings. The predicted octanol–water partition coefficient (Wildman–Crippen LogP) is 4.45. The van der Waals surface area contributed by atoms with Crippen LogP contribution in [0.2, 0.25) is 0 Å². The molecule has 2 aromatic carbocycles. The molecule has 1 amide bonds. The molecule has 0 bridgehead atoms. The molecule has 162 valence electrons. The van der Waals surface area contributed by atoms with Crippen LogP contribution in [-0.4, -0.2) is 33.3 Å².